The number of nitrogens with zero attached hydrogens (tertiary/aromatic N) is 2. The lowest BCUT2D eigenvalue weighted by molar-refractivity contribution is -0.0585. The molecule has 1 aliphatic heterocycles. The van der Waals surface area contributed by atoms with E-state index in [1.165, 1.54) is 0 Å². The summed E-state index contributed by atoms with van der Waals surface area (Å²) in [7, 11) is 1.64. The number of hydrogen-bond donors (Lipinski definition) is 0. The Bertz CT molecular complexity index is 990. The van der Waals surface area contributed by atoms with Crippen molar-refractivity contribution in [1.29, 1.82) is 0 Å². The molecule has 0 spiro atoms. The SMILES string of the molecule is COc1ccc(-c2cc(C(=O)N3C[C@H](C)O[C@@H](C)C3)c3ccccc3n2)cc1. The standard InChI is InChI=1S/C23H24N2O3/c1-15-13-25(14-16(2)28-15)23(26)20-12-22(17-8-10-18(27-3)11-9-17)24-21-7-5-4-6-19(20)21/h4-12,15-16H,13-14H2,1-3H3/t15-,16-/m0/s1. The van der Waals surface area contributed by atoms with Gasteiger partial charge >= 0.3 is 0 Å². The molecular weight excluding hydrogens is 352 g/mol. The Hall–Kier alpha value is -2.92. The summed E-state index contributed by atoms with van der Waals surface area (Å²) >= 11 is 0. The van der Waals surface area contributed by atoms with Gasteiger partial charge in [-0.15, -0.1) is 0 Å². The van der Waals surface area contributed by atoms with E-state index in [1.807, 2.05) is 73.3 Å². The molecule has 0 saturated carbocycles. The molecule has 1 aliphatic rings. The molecule has 0 N–H and O–H groups in total. The van der Waals surface area contributed by atoms with Gasteiger partial charge in [0.1, 0.15) is 5.75 Å². The maximum absolute atomic E-state index is 13.4. The molecule has 2 aromatic carbocycles. The van der Waals surface area contributed by atoms with Crippen LogP contribution in [0.3, 0.4) is 0 Å². The monoisotopic (exact) mass is 376 g/mol. The number of para-hydroxylation sites is 1. The van der Waals surface area contributed by atoms with Gasteiger partial charge in [-0.25, -0.2) is 4.98 Å². The molecule has 0 bridgehead atoms. The lowest BCUT2D eigenvalue weighted by Gasteiger charge is -2.35. The second kappa shape index (κ2) is 7.60. The van der Waals surface area contributed by atoms with Crippen LogP contribution in [-0.2, 0) is 4.74 Å². The summed E-state index contributed by atoms with van der Waals surface area (Å²) in [5, 5.41) is 0.872. The van der Waals surface area contributed by atoms with Crippen molar-refractivity contribution in [2.45, 2.75) is 26.1 Å². The number of rotatable bonds is 3. The molecule has 4 rings (SSSR count). The number of pyridine rings is 1. The van der Waals surface area contributed by atoms with Crippen LogP contribution in [0, 0.1) is 0 Å². The van der Waals surface area contributed by atoms with Crippen LogP contribution in [-0.4, -0.2) is 48.2 Å². The molecule has 2 heterocycles. The van der Waals surface area contributed by atoms with Crippen molar-refractivity contribution < 1.29 is 14.3 Å². The zero-order valence-electron chi connectivity index (χ0n) is 16.4. The fourth-order valence-corrected chi connectivity index (χ4v) is 3.78. The highest BCUT2D eigenvalue weighted by atomic mass is 16.5. The first-order chi connectivity index (χ1) is 13.5. The largest absolute Gasteiger partial charge is 0.497 e. The molecule has 5 nitrogen and oxygen atoms in total. The van der Waals surface area contributed by atoms with Crippen molar-refractivity contribution >= 4 is 16.8 Å². The molecule has 1 aromatic heterocycles. The second-order valence-electron chi connectivity index (χ2n) is 7.27. The third-order valence-corrected chi connectivity index (χ3v) is 5.04. The highest BCUT2D eigenvalue weighted by Crippen LogP contribution is 2.28. The van der Waals surface area contributed by atoms with Gasteiger partial charge in [0.2, 0.25) is 0 Å². The van der Waals surface area contributed by atoms with Gasteiger partial charge in [0.15, 0.2) is 0 Å². The maximum atomic E-state index is 13.4. The Morgan fingerprint density at radius 3 is 2.43 bits per heavy atom. The third-order valence-electron chi connectivity index (χ3n) is 5.04. The van der Waals surface area contributed by atoms with Crippen LogP contribution < -0.4 is 4.74 Å². The van der Waals surface area contributed by atoms with Crippen LogP contribution in [0.5, 0.6) is 5.75 Å². The molecule has 0 aliphatic carbocycles. The van der Waals surface area contributed by atoms with E-state index in [-0.39, 0.29) is 18.1 Å². The lowest BCUT2D eigenvalue weighted by Crippen LogP contribution is -2.48. The Balaban J connectivity index is 1.79. The highest BCUT2D eigenvalue weighted by molar-refractivity contribution is 6.07. The van der Waals surface area contributed by atoms with Gasteiger partial charge in [-0.05, 0) is 50.2 Å². The van der Waals surface area contributed by atoms with Crippen molar-refractivity contribution in [3.8, 4) is 17.0 Å². The summed E-state index contributed by atoms with van der Waals surface area (Å²) in [5.41, 5.74) is 3.22. The van der Waals surface area contributed by atoms with Crippen molar-refractivity contribution in [1.82, 2.24) is 9.88 Å². The van der Waals surface area contributed by atoms with E-state index in [9.17, 15) is 4.79 Å². The first-order valence-electron chi connectivity index (χ1n) is 9.54. The van der Waals surface area contributed by atoms with Crippen molar-refractivity contribution in [3.05, 3.63) is 60.2 Å². The number of hydrogen-bond acceptors (Lipinski definition) is 4. The number of carbonyl (C=O) groups is 1. The van der Waals surface area contributed by atoms with E-state index in [1.54, 1.807) is 7.11 Å². The van der Waals surface area contributed by atoms with Gasteiger partial charge in [0.25, 0.3) is 5.91 Å². The summed E-state index contributed by atoms with van der Waals surface area (Å²) in [6.45, 7) is 5.20. The zero-order chi connectivity index (χ0) is 19.7. The summed E-state index contributed by atoms with van der Waals surface area (Å²) in [6.07, 6.45) is 0.0590. The molecule has 3 aromatic rings. The highest BCUT2D eigenvalue weighted by Gasteiger charge is 2.28. The Labute approximate surface area is 164 Å². The fraction of sp³-hybridized carbons (Fsp3) is 0.304. The number of morpholine rings is 1. The third kappa shape index (κ3) is 3.58. The molecular formula is C23H24N2O3. The number of ether oxygens (including phenoxy) is 2. The molecule has 0 radical (unpaired) electrons. The molecule has 1 fully saturated rings. The number of fused-ring (bicyclic) bond motifs is 1. The molecule has 144 valence electrons. The quantitative estimate of drug-likeness (QED) is 0.689. The normalized spacial score (nSPS) is 19.6. The second-order valence-corrected chi connectivity index (χ2v) is 7.27. The fourth-order valence-electron chi connectivity index (χ4n) is 3.78. The van der Waals surface area contributed by atoms with Crippen LogP contribution >= 0.6 is 0 Å². The van der Waals surface area contributed by atoms with Crippen LogP contribution in [0.4, 0.5) is 0 Å². The van der Waals surface area contributed by atoms with E-state index in [0.717, 1.165) is 27.9 Å². The van der Waals surface area contributed by atoms with Crippen LogP contribution in [0.25, 0.3) is 22.2 Å². The lowest BCUT2D eigenvalue weighted by atomic mass is 10.0. The molecule has 0 unspecified atom stereocenters. The summed E-state index contributed by atoms with van der Waals surface area (Å²) in [4.78, 5) is 20.1. The van der Waals surface area contributed by atoms with Crippen LogP contribution in [0.2, 0.25) is 0 Å². The zero-order valence-corrected chi connectivity index (χ0v) is 16.4. The van der Waals surface area contributed by atoms with E-state index >= 15 is 0 Å². The molecule has 2 atom stereocenters. The number of carbonyl (C=O) groups excluding carboxylic acids is 1. The molecule has 1 saturated heterocycles. The van der Waals surface area contributed by atoms with E-state index in [2.05, 4.69) is 0 Å². The van der Waals surface area contributed by atoms with Gasteiger partial charge in [-0.3, -0.25) is 4.79 Å². The Morgan fingerprint density at radius 2 is 1.75 bits per heavy atom. The van der Waals surface area contributed by atoms with E-state index < -0.39 is 0 Å². The van der Waals surface area contributed by atoms with E-state index in [0.29, 0.717) is 18.7 Å². The first-order valence-corrected chi connectivity index (χ1v) is 9.54. The van der Waals surface area contributed by atoms with E-state index in [4.69, 9.17) is 14.5 Å². The number of benzene rings is 2. The average molecular weight is 376 g/mol. The molecule has 5 heteroatoms. The minimum atomic E-state index is 0.0235. The first kappa shape index (κ1) is 18.4. The predicted octanol–water partition coefficient (Wildman–Crippen LogP) is 4.16. The minimum Gasteiger partial charge on any atom is -0.497 e. The van der Waals surface area contributed by atoms with Gasteiger partial charge in [-0.1, -0.05) is 18.2 Å². The van der Waals surface area contributed by atoms with Gasteiger partial charge in [0.05, 0.1) is 36.1 Å². The van der Waals surface area contributed by atoms with Crippen LogP contribution in [0.1, 0.15) is 24.2 Å². The molecule has 28 heavy (non-hydrogen) atoms. The number of amides is 1. The number of aromatic nitrogens is 1. The smallest absolute Gasteiger partial charge is 0.254 e. The van der Waals surface area contributed by atoms with Crippen LogP contribution in [0.15, 0.2) is 54.6 Å². The maximum Gasteiger partial charge on any atom is 0.254 e. The summed E-state index contributed by atoms with van der Waals surface area (Å²) in [5.74, 6) is 0.812. The Morgan fingerprint density at radius 1 is 1.07 bits per heavy atom. The molecule has 1 amide bonds. The van der Waals surface area contributed by atoms with Crippen molar-refractivity contribution in [2.24, 2.45) is 0 Å². The Kier molecular flexibility index (Phi) is 5.01. The van der Waals surface area contributed by atoms with Crippen molar-refractivity contribution in [2.75, 3.05) is 20.2 Å². The summed E-state index contributed by atoms with van der Waals surface area (Å²) in [6, 6.07) is 17.4. The predicted molar refractivity (Wildman–Crippen MR) is 110 cm³/mol. The average Bonchev–Trinajstić information content (AvgIpc) is 2.71. The van der Waals surface area contributed by atoms with Crippen molar-refractivity contribution in [3.63, 3.8) is 0 Å². The van der Waals surface area contributed by atoms with Gasteiger partial charge in [0, 0.05) is 24.0 Å². The summed E-state index contributed by atoms with van der Waals surface area (Å²) < 4.78 is 11.0. The van der Waals surface area contributed by atoms with Gasteiger partial charge < -0.3 is 14.4 Å². The van der Waals surface area contributed by atoms with Gasteiger partial charge in [-0.2, -0.15) is 0 Å². The number of methoxy groups -OCH3 is 1. The minimum absolute atomic E-state index is 0.0235. The topological polar surface area (TPSA) is 51.7 Å².